The smallest absolute Gasteiger partial charge is 0.257 e. The molecule has 7 heteroatoms. The molecule has 0 spiro atoms. The topological polar surface area (TPSA) is 53.0 Å². The second kappa shape index (κ2) is 12.0. The third kappa shape index (κ3) is 6.19. The first kappa shape index (κ1) is 25.6. The van der Waals surface area contributed by atoms with E-state index in [0.29, 0.717) is 18.1 Å². The van der Waals surface area contributed by atoms with Crippen molar-refractivity contribution in [3.05, 3.63) is 88.9 Å². The van der Waals surface area contributed by atoms with E-state index in [0.717, 1.165) is 41.4 Å². The highest BCUT2D eigenvalue weighted by atomic mass is 35.5. The van der Waals surface area contributed by atoms with Crippen molar-refractivity contribution in [1.29, 1.82) is 0 Å². The number of anilines is 1. The van der Waals surface area contributed by atoms with Crippen LogP contribution in [0.2, 0.25) is 5.02 Å². The molecule has 35 heavy (non-hydrogen) atoms. The quantitative estimate of drug-likeness (QED) is 0.394. The number of benzene rings is 3. The number of aliphatic hydroxyl groups excluding tert-OH is 1. The number of ether oxygens (including phenoxy) is 1. The first-order chi connectivity index (χ1) is 17.0. The molecule has 0 radical (unpaired) electrons. The standard InChI is InChI=1S/C28H31ClN2O3S/c1-3-15-30(19-20-7-5-4-6-8-20)16-17-31-24-14-11-22(29)18-25(24)35-27(26(32)28(31)33)21-9-12-23(34-2)13-10-21/h4-14,18,26-27,32H,3,15-17,19H2,1-2H3/t26-,27+/m1/s1. The molecule has 1 amide bonds. The van der Waals surface area contributed by atoms with E-state index in [4.69, 9.17) is 16.3 Å². The molecule has 0 saturated carbocycles. The summed E-state index contributed by atoms with van der Waals surface area (Å²) in [6.45, 7) is 5.08. The van der Waals surface area contributed by atoms with Gasteiger partial charge in [0.2, 0.25) is 0 Å². The van der Waals surface area contributed by atoms with Crippen molar-refractivity contribution in [2.24, 2.45) is 0 Å². The SMILES string of the molecule is CCCN(CCN1C(=O)[C@H](O)[C@H](c2ccc(OC)cc2)Sc2cc(Cl)ccc21)Cc1ccccc1. The first-order valence-electron chi connectivity index (χ1n) is 11.9. The highest BCUT2D eigenvalue weighted by molar-refractivity contribution is 7.99. The van der Waals surface area contributed by atoms with Gasteiger partial charge >= 0.3 is 0 Å². The minimum absolute atomic E-state index is 0.296. The molecule has 4 rings (SSSR count). The molecule has 3 aromatic carbocycles. The van der Waals surface area contributed by atoms with Crippen LogP contribution < -0.4 is 9.64 Å². The first-order valence-corrected chi connectivity index (χ1v) is 13.1. The average Bonchev–Trinajstić information content (AvgIpc) is 2.97. The highest BCUT2D eigenvalue weighted by Crippen LogP contribution is 2.46. The van der Waals surface area contributed by atoms with Crippen LogP contribution in [0, 0.1) is 0 Å². The van der Waals surface area contributed by atoms with Gasteiger partial charge in [0.1, 0.15) is 11.9 Å². The predicted molar refractivity (Wildman–Crippen MR) is 143 cm³/mol. The molecule has 0 aliphatic carbocycles. The number of carbonyl (C=O) groups is 1. The van der Waals surface area contributed by atoms with Gasteiger partial charge in [-0.1, -0.05) is 61.0 Å². The molecule has 2 atom stereocenters. The lowest BCUT2D eigenvalue weighted by atomic mass is 10.1. The Kier molecular flexibility index (Phi) is 8.74. The van der Waals surface area contributed by atoms with Crippen LogP contribution in [0.1, 0.15) is 29.7 Å². The maximum Gasteiger partial charge on any atom is 0.257 e. The van der Waals surface area contributed by atoms with Gasteiger partial charge in [0.15, 0.2) is 0 Å². The van der Waals surface area contributed by atoms with Crippen LogP contribution in [0.3, 0.4) is 0 Å². The van der Waals surface area contributed by atoms with Gasteiger partial charge in [-0.05, 0) is 54.4 Å². The predicted octanol–water partition coefficient (Wildman–Crippen LogP) is 5.80. The van der Waals surface area contributed by atoms with Gasteiger partial charge < -0.3 is 14.7 Å². The zero-order chi connectivity index (χ0) is 24.8. The van der Waals surface area contributed by atoms with Crippen LogP contribution in [0.5, 0.6) is 5.75 Å². The summed E-state index contributed by atoms with van der Waals surface area (Å²) in [6.07, 6.45) is -0.168. The Morgan fingerprint density at radius 3 is 2.49 bits per heavy atom. The van der Waals surface area contributed by atoms with Crippen LogP contribution in [0.4, 0.5) is 5.69 Å². The Morgan fingerprint density at radius 2 is 1.80 bits per heavy atom. The normalized spacial score (nSPS) is 17.9. The van der Waals surface area contributed by atoms with Crippen molar-refractivity contribution < 1.29 is 14.6 Å². The molecule has 0 aromatic heterocycles. The zero-order valence-corrected chi connectivity index (χ0v) is 21.6. The Hall–Kier alpha value is -2.51. The Morgan fingerprint density at radius 1 is 1.06 bits per heavy atom. The Balaban J connectivity index is 1.60. The number of thioether (sulfide) groups is 1. The highest BCUT2D eigenvalue weighted by Gasteiger charge is 2.37. The summed E-state index contributed by atoms with van der Waals surface area (Å²) in [4.78, 5) is 18.6. The van der Waals surface area contributed by atoms with E-state index >= 15 is 0 Å². The molecular weight excluding hydrogens is 480 g/mol. The minimum Gasteiger partial charge on any atom is -0.497 e. The maximum absolute atomic E-state index is 13.6. The number of rotatable bonds is 9. The molecule has 1 aliphatic heterocycles. The van der Waals surface area contributed by atoms with E-state index in [1.807, 2.05) is 54.6 Å². The zero-order valence-electron chi connectivity index (χ0n) is 20.1. The molecule has 0 unspecified atom stereocenters. The lowest BCUT2D eigenvalue weighted by Crippen LogP contribution is -2.44. The molecule has 5 nitrogen and oxygen atoms in total. The van der Waals surface area contributed by atoms with Gasteiger partial charge in [0.05, 0.1) is 18.0 Å². The summed E-state index contributed by atoms with van der Waals surface area (Å²) < 4.78 is 5.27. The fourth-order valence-corrected chi connectivity index (χ4v) is 5.90. The summed E-state index contributed by atoms with van der Waals surface area (Å²) in [5.74, 6) is 0.434. The summed E-state index contributed by atoms with van der Waals surface area (Å²) in [6, 6.07) is 23.4. The lowest BCUT2D eigenvalue weighted by Gasteiger charge is -2.29. The third-order valence-electron chi connectivity index (χ3n) is 6.15. The summed E-state index contributed by atoms with van der Waals surface area (Å²) in [5, 5.41) is 11.4. The minimum atomic E-state index is -1.19. The van der Waals surface area contributed by atoms with Crippen LogP contribution >= 0.6 is 23.4 Å². The van der Waals surface area contributed by atoms with E-state index in [1.165, 1.54) is 17.3 Å². The van der Waals surface area contributed by atoms with Gasteiger partial charge in [-0.2, -0.15) is 0 Å². The Labute approximate surface area is 216 Å². The molecule has 1 aliphatic rings. The number of nitrogens with zero attached hydrogens (tertiary/aromatic N) is 2. The molecular formula is C28H31ClN2O3S. The van der Waals surface area contributed by atoms with Crippen molar-refractivity contribution in [2.75, 3.05) is 31.6 Å². The maximum atomic E-state index is 13.6. The van der Waals surface area contributed by atoms with Gasteiger partial charge in [-0.15, -0.1) is 11.8 Å². The van der Waals surface area contributed by atoms with Gasteiger partial charge in [-0.25, -0.2) is 0 Å². The summed E-state index contributed by atoms with van der Waals surface area (Å²) in [5.41, 5.74) is 2.89. The molecule has 1 N–H and O–H groups in total. The van der Waals surface area contributed by atoms with Crippen LogP contribution in [0.15, 0.2) is 77.7 Å². The fraction of sp³-hybridized carbons (Fsp3) is 0.321. The van der Waals surface area contributed by atoms with E-state index in [9.17, 15) is 9.90 Å². The Bertz CT molecular complexity index is 1130. The molecule has 0 saturated heterocycles. The van der Waals surface area contributed by atoms with Crippen molar-refractivity contribution in [3.8, 4) is 5.75 Å². The number of hydrogen-bond donors (Lipinski definition) is 1. The number of fused-ring (bicyclic) bond motifs is 1. The molecule has 0 bridgehead atoms. The molecule has 0 fully saturated rings. The van der Waals surface area contributed by atoms with Gasteiger partial charge in [0.25, 0.3) is 5.91 Å². The second-order valence-electron chi connectivity index (χ2n) is 8.62. The van der Waals surface area contributed by atoms with Crippen molar-refractivity contribution in [1.82, 2.24) is 4.90 Å². The number of halogens is 1. The van der Waals surface area contributed by atoms with E-state index in [1.54, 1.807) is 18.1 Å². The molecule has 184 valence electrons. The van der Waals surface area contributed by atoms with Crippen molar-refractivity contribution in [2.45, 2.75) is 36.1 Å². The average molecular weight is 511 g/mol. The van der Waals surface area contributed by atoms with Crippen LogP contribution in [-0.2, 0) is 11.3 Å². The van der Waals surface area contributed by atoms with Crippen LogP contribution in [0.25, 0.3) is 0 Å². The summed E-state index contributed by atoms with van der Waals surface area (Å²) >= 11 is 7.81. The van der Waals surface area contributed by atoms with E-state index < -0.39 is 11.4 Å². The van der Waals surface area contributed by atoms with Gasteiger partial charge in [0, 0.05) is 29.6 Å². The van der Waals surface area contributed by atoms with Crippen molar-refractivity contribution >= 4 is 35.0 Å². The number of methoxy groups -OCH3 is 1. The third-order valence-corrected chi connectivity index (χ3v) is 7.75. The van der Waals surface area contributed by atoms with E-state index in [-0.39, 0.29) is 5.91 Å². The van der Waals surface area contributed by atoms with Gasteiger partial charge in [-0.3, -0.25) is 9.69 Å². The molecule has 3 aromatic rings. The number of carbonyl (C=O) groups excluding carboxylic acids is 1. The molecule has 1 heterocycles. The number of aliphatic hydroxyl groups is 1. The number of amides is 1. The van der Waals surface area contributed by atoms with E-state index in [2.05, 4.69) is 24.0 Å². The van der Waals surface area contributed by atoms with Crippen molar-refractivity contribution in [3.63, 3.8) is 0 Å². The number of hydrogen-bond acceptors (Lipinski definition) is 5. The largest absolute Gasteiger partial charge is 0.497 e. The second-order valence-corrected chi connectivity index (χ2v) is 10.2. The fourth-order valence-electron chi connectivity index (χ4n) is 4.36. The summed E-state index contributed by atoms with van der Waals surface area (Å²) in [7, 11) is 1.61. The van der Waals surface area contributed by atoms with Crippen LogP contribution in [-0.4, -0.2) is 48.8 Å². The lowest BCUT2D eigenvalue weighted by molar-refractivity contribution is -0.126. The monoisotopic (exact) mass is 510 g/mol.